The largest absolute Gasteiger partial charge is 0.309 e. The SMILES string of the molecule is CC(NCCS(C)(=O)=O)c1cccc(S(N)(=O)=O)c1. The van der Waals surface area contributed by atoms with Crippen molar-refractivity contribution in [3.63, 3.8) is 0 Å². The normalized spacial score (nSPS) is 14.3. The lowest BCUT2D eigenvalue weighted by molar-refractivity contribution is 0.575. The quantitative estimate of drug-likeness (QED) is 0.771. The summed E-state index contributed by atoms with van der Waals surface area (Å²) in [5.74, 6) is 0.0339. The molecule has 0 spiro atoms. The number of hydrogen-bond acceptors (Lipinski definition) is 5. The van der Waals surface area contributed by atoms with Gasteiger partial charge in [-0.05, 0) is 24.6 Å². The Morgan fingerprint density at radius 3 is 2.42 bits per heavy atom. The summed E-state index contributed by atoms with van der Waals surface area (Å²) in [6.07, 6.45) is 1.17. The molecule has 0 aliphatic heterocycles. The van der Waals surface area contributed by atoms with Crippen molar-refractivity contribution < 1.29 is 16.8 Å². The third kappa shape index (κ3) is 5.68. The van der Waals surface area contributed by atoms with E-state index in [0.717, 1.165) is 5.56 Å². The average molecular weight is 306 g/mol. The molecule has 3 N–H and O–H groups in total. The van der Waals surface area contributed by atoms with Crippen LogP contribution in [0.2, 0.25) is 0 Å². The Morgan fingerprint density at radius 2 is 1.89 bits per heavy atom. The number of nitrogens with two attached hydrogens (primary N) is 1. The molecule has 0 bridgehead atoms. The van der Waals surface area contributed by atoms with Gasteiger partial charge in [0, 0.05) is 18.8 Å². The molecular formula is C11H18N2O4S2. The van der Waals surface area contributed by atoms with Crippen molar-refractivity contribution in [1.82, 2.24) is 5.32 Å². The Morgan fingerprint density at radius 1 is 1.26 bits per heavy atom. The van der Waals surface area contributed by atoms with E-state index in [-0.39, 0.29) is 16.7 Å². The van der Waals surface area contributed by atoms with E-state index < -0.39 is 19.9 Å². The molecule has 108 valence electrons. The van der Waals surface area contributed by atoms with E-state index >= 15 is 0 Å². The zero-order chi connectivity index (χ0) is 14.7. The summed E-state index contributed by atoms with van der Waals surface area (Å²) < 4.78 is 44.5. The number of hydrogen-bond donors (Lipinski definition) is 2. The molecule has 0 fully saturated rings. The Bertz CT molecular complexity index is 638. The molecule has 8 heteroatoms. The zero-order valence-corrected chi connectivity index (χ0v) is 12.5. The van der Waals surface area contributed by atoms with Gasteiger partial charge in [-0.2, -0.15) is 0 Å². The third-order valence-corrected chi connectivity index (χ3v) is 4.47. The maximum atomic E-state index is 11.2. The van der Waals surface area contributed by atoms with Crippen LogP contribution in [0.1, 0.15) is 18.5 Å². The Hall–Kier alpha value is -0.960. The molecule has 1 aromatic rings. The van der Waals surface area contributed by atoms with Gasteiger partial charge >= 0.3 is 0 Å². The van der Waals surface area contributed by atoms with Gasteiger partial charge in [0.1, 0.15) is 9.84 Å². The Balaban J connectivity index is 2.75. The van der Waals surface area contributed by atoms with Crippen LogP contribution in [0.3, 0.4) is 0 Å². The first-order valence-electron chi connectivity index (χ1n) is 5.63. The first-order chi connectivity index (χ1) is 8.59. The highest BCUT2D eigenvalue weighted by Gasteiger charge is 2.11. The topological polar surface area (TPSA) is 106 Å². The van der Waals surface area contributed by atoms with Gasteiger partial charge in [0.05, 0.1) is 10.6 Å². The molecule has 0 aliphatic rings. The van der Waals surface area contributed by atoms with Gasteiger partial charge in [0.2, 0.25) is 10.0 Å². The van der Waals surface area contributed by atoms with Crippen LogP contribution in [-0.4, -0.2) is 35.4 Å². The second kappa shape index (κ2) is 6.00. The lowest BCUT2D eigenvalue weighted by atomic mass is 10.1. The van der Waals surface area contributed by atoms with Crippen LogP contribution < -0.4 is 10.5 Å². The number of sulfone groups is 1. The zero-order valence-electron chi connectivity index (χ0n) is 10.8. The summed E-state index contributed by atoms with van der Waals surface area (Å²) >= 11 is 0. The minimum atomic E-state index is -3.73. The van der Waals surface area contributed by atoms with Gasteiger partial charge in [-0.25, -0.2) is 22.0 Å². The van der Waals surface area contributed by atoms with E-state index in [4.69, 9.17) is 5.14 Å². The second-order valence-electron chi connectivity index (χ2n) is 4.42. The fourth-order valence-corrected chi connectivity index (χ4v) is 2.60. The summed E-state index contributed by atoms with van der Waals surface area (Å²) in [5, 5.41) is 8.07. The van der Waals surface area contributed by atoms with E-state index in [1.807, 2.05) is 6.92 Å². The average Bonchev–Trinajstić information content (AvgIpc) is 2.26. The first kappa shape index (κ1) is 16.1. The molecule has 1 atom stereocenters. The van der Waals surface area contributed by atoms with E-state index in [1.54, 1.807) is 12.1 Å². The van der Waals surface area contributed by atoms with Crippen molar-refractivity contribution in [3.05, 3.63) is 29.8 Å². The molecule has 0 saturated carbocycles. The monoisotopic (exact) mass is 306 g/mol. The summed E-state index contributed by atoms with van der Waals surface area (Å²) in [4.78, 5) is 0.0433. The van der Waals surface area contributed by atoms with Crippen LogP contribution in [0.25, 0.3) is 0 Å². The molecule has 0 aliphatic carbocycles. The molecule has 0 heterocycles. The fraction of sp³-hybridized carbons (Fsp3) is 0.455. The van der Waals surface area contributed by atoms with Crippen molar-refractivity contribution in [1.29, 1.82) is 0 Å². The molecule has 19 heavy (non-hydrogen) atoms. The number of rotatable bonds is 6. The highest BCUT2D eigenvalue weighted by atomic mass is 32.2. The first-order valence-corrected chi connectivity index (χ1v) is 9.24. The number of benzene rings is 1. The summed E-state index contributed by atoms with van der Waals surface area (Å²) in [5.41, 5.74) is 0.736. The van der Waals surface area contributed by atoms with Crippen molar-refractivity contribution >= 4 is 19.9 Å². The van der Waals surface area contributed by atoms with Gasteiger partial charge in [-0.3, -0.25) is 0 Å². The third-order valence-electron chi connectivity index (χ3n) is 2.61. The molecule has 0 saturated heterocycles. The summed E-state index contributed by atoms with van der Waals surface area (Å²) in [6, 6.07) is 6.09. The van der Waals surface area contributed by atoms with Crippen LogP contribution in [0.15, 0.2) is 29.2 Å². The molecule has 0 aromatic heterocycles. The lowest BCUT2D eigenvalue weighted by Crippen LogP contribution is -2.25. The molecule has 1 aromatic carbocycles. The molecule has 1 unspecified atom stereocenters. The van der Waals surface area contributed by atoms with Crippen LogP contribution in [0, 0.1) is 0 Å². The fourth-order valence-electron chi connectivity index (χ4n) is 1.54. The van der Waals surface area contributed by atoms with Crippen molar-refractivity contribution in [2.24, 2.45) is 5.14 Å². The van der Waals surface area contributed by atoms with Crippen LogP contribution in [0.4, 0.5) is 0 Å². The number of nitrogens with one attached hydrogen (secondary N) is 1. The minimum absolute atomic E-state index is 0.0339. The van der Waals surface area contributed by atoms with Gasteiger partial charge in [0.15, 0.2) is 0 Å². The minimum Gasteiger partial charge on any atom is -0.309 e. The summed E-state index contributed by atoms with van der Waals surface area (Å²) in [7, 11) is -6.74. The van der Waals surface area contributed by atoms with Gasteiger partial charge in [-0.15, -0.1) is 0 Å². The van der Waals surface area contributed by atoms with Crippen LogP contribution in [0.5, 0.6) is 0 Å². The van der Waals surface area contributed by atoms with Crippen molar-refractivity contribution in [2.75, 3.05) is 18.6 Å². The molecule has 6 nitrogen and oxygen atoms in total. The lowest BCUT2D eigenvalue weighted by Gasteiger charge is -2.14. The standard InChI is InChI=1S/C11H18N2O4S2/c1-9(13-6-7-18(2,14)15)10-4-3-5-11(8-10)19(12,16)17/h3-5,8-9,13H,6-7H2,1-2H3,(H2,12,16,17). The second-order valence-corrected chi connectivity index (χ2v) is 8.24. The van der Waals surface area contributed by atoms with Gasteiger partial charge in [-0.1, -0.05) is 12.1 Å². The highest BCUT2D eigenvalue weighted by molar-refractivity contribution is 7.90. The predicted molar refractivity (Wildman–Crippen MR) is 73.9 cm³/mol. The smallest absolute Gasteiger partial charge is 0.238 e. The Kier molecular flexibility index (Phi) is 5.08. The maximum Gasteiger partial charge on any atom is 0.238 e. The summed E-state index contributed by atoms with van der Waals surface area (Å²) in [6.45, 7) is 2.13. The van der Waals surface area contributed by atoms with Crippen LogP contribution >= 0.6 is 0 Å². The van der Waals surface area contributed by atoms with E-state index in [0.29, 0.717) is 6.54 Å². The van der Waals surface area contributed by atoms with Crippen molar-refractivity contribution in [2.45, 2.75) is 17.9 Å². The highest BCUT2D eigenvalue weighted by Crippen LogP contribution is 2.16. The van der Waals surface area contributed by atoms with E-state index in [9.17, 15) is 16.8 Å². The Labute approximate surface area is 114 Å². The molecule has 1 rings (SSSR count). The predicted octanol–water partition coefficient (Wildman–Crippen LogP) is 0.0292. The van der Waals surface area contributed by atoms with E-state index in [2.05, 4.69) is 5.32 Å². The molecule has 0 amide bonds. The number of sulfonamides is 1. The van der Waals surface area contributed by atoms with Gasteiger partial charge in [0.25, 0.3) is 0 Å². The maximum absolute atomic E-state index is 11.2. The molecular weight excluding hydrogens is 288 g/mol. The molecule has 0 radical (unpaired) electrons. The number of primary sulfonamides is 1. The van der Waals surface area contributed by atoms with Crippen LogP contribution in [-0.2, 0) is 19.9 Å². The van der Waals surface area contributed by atoms with E-state index in [1.165, 1.54) is 18.4 Å². The van der Waals surface area contributed by atoms with Gasteiger partial charge < -0.3 is 5.32 Å². The van der Waals surface area contributed by atoms with Crippen molar-refractivity contribution in [3.8, 4) is 0 Å².